The van der Waals surface area contributed by atoms with Gasteiger partial charge in [0.15, 0.2) is 5.78 Å². The summed E-state index contributed by atoms with van der Waals surface area (Å²) in [6.07, 6.45) is 19.2. The fourth-order valence-corrected chi connectivity index (χ4v) is 10.1. The normalized spacial score (nSPS) is 45.3. The van der Waals surface area contributed by atoms with Gasteiger partial charge in [-0.1, -0.05) is 25.8 Å². The van der Waals surface area contributed by atoms with Gasteiger partial charge in [-0.25, -0.2) is 0 Å². The molecule has 6 rings (SSSR count). The molecule has 0 amide bonds. The van der Waals surface area contributed by atoms with Crippen LogP contribution < -0.4 is 0 Å². The molecular formula is C30H42N2O2. The van der Waals surface area contributed by atoms with E-state index in [-0.39, 0.29) is 16.7 Å². The number of hydrogen-bond donors (Lipinski definition) is 0. The van der Waals surface area contributed by atoms with Crippen LogP contribution in [0.1, 0.15) is 65.2 Å². The maximum atomic E-state index is 13.8. The molecule has 1 saturated heterocycles. The number of hydrogen-bond acceptors (Lipinski definition) is 4. The Hall–Kier alpha value is -1.44. The predicted molar refractivity (Wildman–Crippen MR) is 134 cm³/mol. The number of carbonyl (C=O) groups is 2. The number of rotatable bonds is 4. The topological polar surface area (TPSA) is 40.6 Å². The first-order valence-electron chi connectivity index (χ1n) is 13.9. The minimum Gasteiger partial charge on any atom is -0.298 e. The average molecular weight is 463 g/mol. The van der Waals surface area contributed by atoms with Crippen molar-refractivity contribution in [2.75, 3.05) is 39.3 Å². The van der Waals surface area contributed by atoms with Crippen LogP contribution in [0.5, 0.6) is 0 Å². The average Bonchev–Trinajstić information content (AvgIpc) is 3.46. The van der Waals surface area contributed by atoms with E-state index < -0.39 is 0 Å². The Balaban J connectivity index is 1.21. The number of nitrogens with zero attached hydrogens (tertiary/aromatic N) is 2. The Morgan fingerprint density at radius 3 is 2.53 bits per heavy atom. The molecule has 184 valence electrons. The van der Waals surface area contributed by atoms with E-state index in [4.69, 9.17) is 6.42 Å². The van der Waals surface area contributed by atoms with Gasteiger partial charge in [-0.05, 0) is 90.9 Å². The molecule has 5 fully saturated rings. The predicted octanol–water partition coefficient (Wildman–Crippen LogP) is 4.20. The lowest BCUT2D eigenvalue weighted by atomic mass is 9.42. The summed E-state index contributed by atoms with van der Waals surface area (Å²) in [5.74, 6) is 6.46. The highest BCUT2D eigenvalue weighted by molar-refractivity contribution is 5.91. The molecule has 1 heterocycles. The standard InChI is InChI=1S/C30H42N2O2/c1-4-13-31-14-16-32(17-15-31)19-26(34)25-8-7-24-23-6-5-21-18-22(33)9-10-28(21,2)27(23)30(11-12-30)20-29(24,25)3/h1,9-10,21,23-25,27H,5-8,11-20H2,2-3H3. The van der Waals surface area contributed by atoms with Gasteiger partial charge in [0.05, 0.1) is 13.1 Å². The number of carbonyl (C=O) groups excluding carboxylic acids is 2. The van der Waals surface area contributed by atoms with Crippen molar-refractivity contribution in [1.29, 1.82) is 0 Å². The molecule has 0 aromatic carbocycles. The summed E-state index contributed by atoms with van der Waals surface area (Å²) < 4.78 is 0. The highest BCUT2D eigenvalue weighted by Crippen LogP contribution is 2.77. The Morgan fingerprint density at radius 2 is 1.82 bits per heavy atom. The zero-order valence-electron chi connectivity index (χ0n) is 21.2. The monoisotopic (exact) mass is 462 g/mol. The van der Waals surface area contributed by atoms with Crippen LogP contribution in [0, 0.1) is 58.2 Å². The number of allylic oxidation sites excluding steroid dienone is 2. The molecule has 34 heavy (non-hydrogen) atoms. The van der Waals surface area contributed by atoms with Crippen molar-refractivity contribution in [3.8, 4) is 12.3 Å². The molecule has 5 aliphatic carbocycles. The third-order valence-corrected chi connectivity index (χ3v) is 11.7. The summed E-state index contributed by atoms with van der Waals surface area (Å²) in [5.41, 5.74) is 0.754. The van der Waals surface area contributed by atoms with E-state index in [1.807, 2.05) is 6.08 Å². The number of ketones is 2. The van der Waals surface area contributed by atoms with Gasteiger partial charge in [-0.15, -0.1) is 6.42 Å². The van der Waals surface area contributed by atoms with Crippen LogP contribution in [0.15, 0.2) is 12.2 Å². The zero-order valence-corrected chi connectivity index (χ0v) is 21.2. The lowest BCUT2D eigenvalue weighted by molar-refractivity contribution is -0.146. The van der Waals surface area contributed by atoms with Crippen LogP contribution in [-0.4, -0.2) is 60.6 Å². The second kappa shape index (κ2) is 8.04. The second-order valence-electron chi connectivity index (χ2n) is 13.3. The van der Waals surface area contributed by atoms with Crippen LogP contribution in [0.2, 0.25) is 0 Å². The van der Waals surface area contributed by atoms with Crippen molar-refractivity contribution in [2.45, 2.75) is 65.2 Å². The summed E-state index contributed by atoms with van der Waals surface area (Å²) in [7, 11) is 0. The molecule has 0 aromatic heterocycles. The van der Waals surface area contributed by atoms with Gasteiger partial charge in [0.1, 0.15) is 5.78 Å². The smallest absolute Gasteiger partial charge is 0.155 e. The van der Waals surface area contributed by atoms with Crippen molar-refractivity contribution >= 4 is 11.6 Å². The molecule has 0 aromatic rings. The van der Waals surface area contributed by atoms with Gasteiger partial charge in [-0.3, -0.25) is 19.4 Å². The van der Waals surface area contributed by atoms with Crippen molar-refractivity contribution in [3.05, 3.63) is 12.2 Å². The van der Waals surface area contributed by atoms with Crippen LogP contribution in [0.3, 0.4) is 0 Å². The first-order chi connectivity index (χ1) is 16.3. The van der Waals surface area contributed by atoms with Gasteiger partial charge < -0.3 is 0 Å². The Bertz CT molecular complexity index is 936. The molecule has 0 radical (unpaired) electrons. The molecular weight excluding hydrogens is 420 g/mol. The maximum absolute atomic E-state index is 13.8. The lowest BCUT2D eigenvalue weighted by Crippen LogP contribution is -2.57. The fourth-order valence-electron chi connectivity index (χ4n) is 10.1. The van der Waals surface area contributed by atoms with Crippen LogP contribution in [-0.2, 0) is 9.59 Å². The largest absolute Gasteiger partial charge is 0.298 e. The molecule has 0 bridgehead atoms. The first kappa shape index (κ1) is 23.0. The van der Waals surface area contributed by atoms with Gasteiger partial charge in [-0.2, -0.15) is 0 Å². The molecule has 1 spiro atoms. The van der Waals surface area contributed by atoms with Gasteiger partial charge >= 0.3 is 0 Å². The SMILES string of the molecule is C#CCN1CCN(CC(=O)C2CCC3C4CCC5CC(=O)C=CC5(C)C4C4(CC4)CC23C)CC1. The van der Waals surface area contributed by atoms with Gasteiger partial charge in [0.25, 0.3) is 0 Å². The van der Waals surface area contributed by atoms with Crippen molar-refractivity contribution < 1.29 is 9.59 Å². The number of piperazine rings is 1. The van der Waals surface area contributed by atoms with E-state index in [1.54, 1.807) is 0 Å². The summed E-state index contributed by atoms with van der Waals surface area (Å²) in [6, 6.07) is 0. The van der Waals surface area contributed by atoms with Crippen LogP contribution in [0.4, 0.5) is 0 Å². The van der Waals surface area contributed by atoms with Gasteiger partial charge in [0.2, 0.25) is 0 Å². The van der Waals surface area contributed by atoms with E-state index in [0.717, 1.165) is 51.5 Å². The maximum Gasteiger partial charge on any atom is 0.155 e. The summed E-state index contributed by atoms with van der Waals surface area (Å²) >= 11 is 0. The number of fused-ring (bicyclic) bond motifs is 6. The summed E-state index contributed by atoms with van der Waals surface area (Å²) in [5, 5.41) is 0. The molecule has 1 aliphatic heterocycles. The minimum absolute atomic E-state index is 0.164. The third-order valence-electron chi connectivity index (χ3n) is 11.7. The lowest BCUT2D eigenvalue weighted by Gasteiger charge is -2.62. The zero-order chi connectivity index (χ0) is 23.7. The molecule has 4 heteroatoms. The molecule has 4 saturated carbocycles. The van der Waals surface area contributed by atoms with E-state index >= 15 is 0 Å². The molecule has 7 unspecified atom stereocenters. The minimum atomic E-state index is 0.164. The Morgan fingerprint density at radius 1 is 1.09 bits per heavy atom. The van der Waals surface area contributed by atoms with E-state index in [2.05, 4.69) is 35.6 Å². The molecule has 7 atom stereocenters. The fraction of sp³-hybridized carbons (Fsp3) is 0.800. The van der Waals surface area contributed by atoms with Crippen molar-refractivity contribution in [3.63, 3.8) is 0 Å². The summed E-state index contributed by atoms with van der Waals surface area (Å²) in [4.78, 5) is 30.7. The number of Topliss-reactive ketones (excluding diaryl/α,β-unsaturated/α-hetero) is 1. The quantitative estimate of drug-likeness (QED) is 0.587. The second-order valence-corrected chi connectivity index (χ2v) is 13.3. The first-order valence-corrected chi connectivity index (χ1v) is 13.9. The van der Waals surface area contributed by atoms with E-state index in [9.17, 15) is 9.59 Å². The van der Waals surface area contributed by atoms with Crippen molar-refractivity contribution in [2.24, 2.45) is 45.8 Å². The van der Waals surface area contributed by atoms with Gasteiger partial charge in [0, 0.05) is 38.5 Å². The number of terminal acetylenes is 1. The Kier molecular flexibility index (Phi) is 5.43. The van der Waals surface area contributed by atoms with Crippen LogP contribution in [0.25, 0.3) is 0 Å². The van der Waals surface area contributed by atoms with E-state index in [1.165, 1.54) is 38.5 Å². The summed E-state index contributed by atoms with van der Waals surface area (Å²) in [6.45, 7) is 10.2. The van der Waals surface area contributed by atoms with Crippen molar-refractivity contribution in [1.82, 2.24) is 9.80 Å². The highest BCUT2D eigenvalue weighted by atomic mass is 16.1. The molecule has 6 aliphatic rings. The Labute approximate surface area is 205 Å². The van der Waals surface area contributed by atoms with E-state index in [0.29, 0.717) is 41.3 Å². The van der Waals surface area contributed by atoms with Crippen LogP contribution >= 0.6 is 0 Å². The third kappa shape index (κ3) is 3.40. The molecule has 4 nitrogen and oxygen atoms in total. The molecule has 0 N–H and O–H groups in total. The highest BCUT2D eigenvalue weighted by Gasteiger charge is 2.70.